The lowest BCUT2D eigenvalue weighted by atomic mass is 9.93. The number of hydrogen-bond acceptors (Lipinski definition) is 5. The minimum absolute atomic E-state index is 0.0687. The highest BCUT2D eigenvalue weighted by Crippen LogP contribution is 2.54. The molecule has 0 atom stereocenters. The van der Waals surface area contributed by atoms with Crippen molar-refractivity contribution >= 4 is 51.5 Å². The number of rotatable bonds is 4. The first-order valence-corrected chi connectivity index (χ1v) is 13.3. The van der Waals surface area contributed by atoms with Crippen LogP contribution in [0.4, 0.5) is 30.5 Å². The van der Waals surface area contributed by atoms with Crippen molar-refractivity contribution in [1.82, 2.24) is 14.4 Å². The molecular weight excluding hydrogens is 584 g/mol. The molecule has 1 N–H and O–H groups in total. The maximum atomic E-state index is 14.5. The third-order valence-corrected chi connectivity index (χ3v) is 8.46. The van der Waals surface area contributed by atoms with Gasteiger partial charge in [-0.3, -0.25) is 9.20 Å². The van der Waals surface area contributed by atoms with E-state index >= 15 is 0 Å². The Bertz CT molecular complexity index is 1320. The molecule has 1 amide bonds. The van der Waals surface area contributed by atoms with Gasteiger partial charge in [-0.25, -0.2) is 18.7 Å². The van der Waals surface area contributed by atoms with Crippen LogP contribution >= 0.6 is 22.6 Å². The van der Waals surface area contributed by atoms with Crippen molar-refractivity contribution in [3.63, 3.8) is 0 Å². The number of carbonyl (C=O) groups excluding carboxylic acids is 1. The highest BCUT2D eigenvalue weighted by molar-refractivity contribution is 14.1. The summed E-state index contributed by atoms with van der Waals surface area (Å²) in [6.45, 7) is 1.96. The van der Waals surface area contributed by atoms with E-state index in [2.05, 4.69) is 42.8 Å². The number of fused-ring (bicyclic) bond motifs is 1. The first-order valence-electron chi connectivity index (χ1n) is 12.2. The number of alkyl halides is 2. The molecule has 0 bridgehead atoms. The van der Waals surface area contributed by atoms with Crippen LogP contribution in [0.1, 0.15) is 48.9 Å². The predicted octanol–water partition coefficient (Wildman–Crippen LogP) is 5.34. The van der Waals surface area contributed by atoms with Crippen LogP contribution in [-0.2, 0) is 0 Å². The van der Waals surface area contributed by atoms with Gasteiger partial charge in [0.05, 0.1) is 23.6 Å². The summed E-state index contributed by atoms with van der Waals surface area (Å²) in [6.07, 6.45) is 6.68. The maximum absolute atomic E-state index is 14.5. The van der Waals surface area contributed by atoms with Crippen molar-refractivity contribution in [2.75, 3.05) is 41.3 Å². The third kappa shape index (κ3) is 4.50. The third-order valence-electron chi connectivity index (χ3n) is 7.79. The van der Waals surface area contributed by atoms with Crippen molar-refractivity contribution in [1.29, 1.82) is 0 Å². The van der Waals surface area contributed by atoms with E-state index in [0.717, 1.165) is 41.4 Å². The first kappa shape index (κ1) is 23.8. The average molecular weight is 610 g/mol. The predicted molar refractivity (Wildman–Crippen MR) is 140 cm³/mol. The molecule has 4 heterocycles. The van der Waals surface area contributed by atoms with E-state index in [9.17, 15) is 18.0 Å². The molecule has 0 radical (unpaired) electrons. The number of nitrogens with one attached hydrogen (secondary N) is 1. The van der Waals surface area contributed by atoms with Crippen molar-refractivity contribution in [3.8, 4) is 0 Å². The molecule has 11 heteroatoms. The number of halogens is 4. The number of nitrogens with zero attached hydrogens (tertiary/aromatic N) is 5. The van der Waals surface area contributed by atoms with Gasteiger partial charge >= 0.3 is 0 Å². The quantitative estimate of drug-likeness (QED) is 0.405. The molecule has 36 heavy (non-hydrogen) atoms. The summed E-state index contributed by atoms with van der Waals surface area (Å²) in [5, 5.41) is 2.82. The first-order chi connectivity index (χ1) is 17.2. The van der Waals surface area contributed by atoms with Crippen LogP contribution in [0.25, 0.3) is 5.65 Å². The minimum atomic E-state index is -2.73. The Labute approximate surface area is 220 Å². The molecule has 1 aromatic carbocycles. The van der Waals surface area contributed by atoms with Gasteiger partial charge in [0.15, 0.2) is 17.3 Å². The van der Waals surface area contributed by atoms with Gasteiger partial charge < -0.3 is 15.1 Å². The number of carbonyl (C=O) groups is 1. The standard InChI is InChI=1S/C25H26F3IN6O/c26-19-14-30-21-22(34-11-7-25(27,28)8-12-34)31-20(15-35(19)21)32-23(36)17-2-1-16(29)13-18(17)33-9-5-24(3-4-24)6-10-33/h1-2,13-15H,3-12H2,(H,32,36). The lowest BCUT2D eigenvalue weighted by molar-refractivity contribution is -0.0221. The number of benzene rings is 1. The average Bonchev–Trinajstić information content (AvgIpc) is 3.50. The number of hydrogen-bond donors (Lipinski definition) is 1. The minimum Gasteiger partial charge on any atom is -0.371 e. The monoisotopic (exact) mass is 610 g/mol. The summed E-state index contributed by atoms with van der Waals surface area (Å²) in [7, 11) is 0. The second kappa shape index (κ2) is 8.77. The molecule has 0 unspecified atom stereocenters. The van der Waals surface area contributed by atoms with Crippen molar-refractivity contribution < 1.29 is 18.0 Å². The summed E-state index contributed by atoms with van der Waals surface area (Å²) in [5.74, 6) is -3.29. The van der Waals surface area contributed by atoms with E-state index in [4.69, 9.17) is 0 Å². The molecule has 1 saturated carbocycles. The maximum Gasteiger partial charge on any atom is 0.258 e. The van der Waals surface area contributed by atoms with Gasteiger partial charge in [0.25, 0.3) is 11.8 Å². The lowest BCUT2D eigenvalue weighted by Gasteiger charge is -2.35. The molecule has 3 aliphatic rings. The van der Waals surface area contributed by atoms with E-state index in [1.165, 1.54) is 23.4 Å². The summed E-state index contributed by atoms with van der Waals surface area (Å²) >= 11 is 2.25. The Morgan fingerprint density at radius 1 is 1.00 bits per heavy atom. The normalized spacial score (nSPS) is 20.7. The van der Waals surface area contributed by atoms with E-state index < -0.39 is 11.9 Å². The van der Waals surface area contributed by atoms with Crippen LogP contribution in [0.5, 0.6) is 0 Å². The molecular formula is C25H26F3IN6O. The molecule has 2 aromatic heterocycles. The largest absolute Gasteiger partial charge is 0.371 e. The molecule has 2 saturated heterocycles. The number of piperidine rings is 2. The molecule has 6 rings (SSSR count). The highest BCUT2D eigenvalue weighted by Gasteiger charge is 2.44. The molecule has 1 aliphatic carbocycles. The van der Waals surface area contributed by atoms with Crippen LogP contribution in [0.2, 0.25) is 0 Å². The van der Waals surface area contributed by atoms with Gasteiger partial charge in [-0.15, -0.1) is 0 Å². The van der Waals surface area contributed by atoms with Crippen LogP contribution < -0.4 is 15.1 Å². The van der Waals surface area contributed by atoms with Gasteiger partial charge in [0.2, 0.25) is 5.95 Å². The smallest absolute Gasteiger partial charge is 0.258 e. The number of imidazole rings is 1. The zero-order valence-electron chi connectivity index (χ0n) is 19.6. The second-order valence-corrected chi connectivity index (χ2v) is 11.4. The Morgan fingerprint density at radius 2 is 1.69 bits per heavy atom. The Balaban J connectivity index is 1.29. The number of aromatic nitrogens is 3. The zero-order chi connectivity index (χ0) is 25.1. The fourth-order valence-electron chi connectivity index (χ4n) is 5.30. The van der Waals surface area contributed by atoms with Crippen LogP contribution in [0.15, 0.2) is 30.6 Å². The van der Waals surface area contributed by atoms with Crippen molar-refractivity contribution in [3.05, 3.63) is 45.7 Å². The molecule has 7 nitrogen and oxygen atoms in total. The van der Waals surface area contributed by atoms with Crippen LogP contribution in [0.3, 0.4) is 0 Å². The summed E-state index contributed by atoms with van der Waals surface area (Å²) in [4.78, 5) is 26.0. The van der Waals surface area contributed by atoms with E-state index in [-0.39, 0.29) is 49.1 Å². The van der Waals surface area contributed by atoms with Gasteiger partial charge in [0, 0.05) is 42.6 Å². The molecule has 3 fully saturated rings. The fraction of sp³-hybridized carbons (Fsp3) is 0.480. The number of amides is 1. The van der Waals surface area contributed by atoms with Crippen LogP contribution in [-0.4, -0.2) is 52.4 Å². The summed E-state index contributed by atoms with van der Waals surface area (Å²) in [5.41, 5.74) is 2.15. The van der Waals surface area contributed by atoms with Gasteiger partial charge in [-0.2, -0.15) is 4.39 Å². The second-order valence-electron chi connectivity index (χ2n) is 10.2. The van der Waals surface area contributed by atoms with E-state index in [0.29, 0.717) is 11.0 Å². The SMILES string of the molecule is O=C(Nc1cn2c(F)cnc2c(N2CCC(F)(F)CC2)n1)c1ccc(I)cc1N1CCC2(CC1)CC2. The van der Waals surface area contributed by atoms with Crippen molar-refractivity contribution in [2.45, 2.75) is 44.4 Å². The molecule has 1 spiro atoms. The number of anilines is 3. The van der Waals surface area contributed by atoms with E-state index in [1.807, 2.05) is 12.1 Å². The zero-order valence-corrected chi connectivity index (χ0v) is 21.8. The molecule has 2 aliphatic heterocycles. The van der Waals surface area contributed by atoms with Crippen molar-refractivity contribution in [2.24, 2.45) is 5.41 Å². The molecule has 3 aromatic rings. The highest BCUT2D eigenvalue weighted by atomic mass is 127. The van der Waals surface area contributed by atoms with Gasteiger partial charge in [-0.05, 0) is 71.9 Å². The van der Waals surface area contributed by atoms with Gasteiger partial charge in [0.1, 0.15) is 0 Å². The Kier molecular flexibility index (Phi) is 5.80. The summed E-state index contributed by atoms with van der Waals surface area (Å²) in [6, 6.07) is 5.71. The van der Waals surface area contributed by atoms with E-state index in [1.54, 1.807) is 11.0 Å². The lowest BCUT2D eigenvalue weighted by Crippen LogP contribution is -2.40. The summed E-state index contributed by atoms with van der Waals surface area (Å²) < 4.78 is 44.2. The Morgan fingerprint density at radius 3 is 2.39 bits per heavy atom. The van der Waals surface area contributed by atoms with Gasteiger partial charge in [-0.1, -0.05) is 0 Å². The molecule has 190 valence electrons. The fourth-order valence-corrected chi connectivity index (χ4v) is 5.78. The topological polar surface area (TPSA) is 65.8 Å². The Hall–Kier alpha value is -2.57. The van der Waals surface area contributed by atoms with Crippen LogP contribution in [0, 0.1) is 14.9 Å².